The maximum atomic E-state index is 13.4. The predicted molar refractivity (Wildman–Crippen MR) is 65.6 cm³/mol. The summed E-state index contributed by atoms with van der Waals surface area (Å²) in [6, 6.07) is 2.68. The van der Waals surface area contributed by atoms with Crippen LogP contribution >= 0.6 is 0 Å². The third-order valence-corrected chi connectivity index (χ3v) is 2.80. The molecular formula is C13H18F2N2O. The Morgan fingerprint density at radius 3 is 2.50 bits per heavy atom. The van der Waals surface area contributed by atoms with E-state index in [2.05, 4.69) is 0 Å². The molecule has 0 saturated carbocycles. The molecule has 100 valence electrons. The number of hydrogen-bond acceptors (Lipinski definition) is 2. The van der Waals surface area contributed by atoms with Gasteiger partial charge in [-0.2, -0.15) is 0 Å². The van der Waals surface area contributed by atoms with Crippen LogP contribution in [0.2, 0.25) is 0 Å². The molecule has 0 unspecified atom stereocenters. The highest BCUT2D eigenvalue weighted by Gasteiger charge is 2.21. The topological polar surface area (TPSA) is 46.3 Å². The number of benzene rings is 1. The summed E-state index contributed by atoms with van der Waals surface area (Å²) in [6.45, 7) is 3.76. The van der Waals surface area contributed by atoms with Crippen LogP contribution in [0.25, 0.3) is 0 Å². The van der Waals surface area contributed by atoms with Crippen molar-refractivity contribution in [3.63, 3.8) is 0 Å². The molecular weight excluding hydrogens is 238 g/mol. The van der Waals surface area contributed by atoms with Gasteiger partial charge in [0.2, 0.25) is 5.91 Å². The number of halogens is 2. The Hall–Kier alpha value is -1.49. The van der Waals surface area contributed by atoms with Gasteiger partial charge in [0.15, 0.2) is 0 Å². The lowest BCUT2D eigenvalue weighted by atomic mass is 10.0. The van der Waals surface area contributed by atoms with E-state index in [0.29, 0.717) is 0 Å². The second-order valence-electron chi connectivity index (χ2n) is 4.70. The number of amides is 1. The van der Waals surface area contributed by atoms with Gasteiger partial charge in [0.05, 0.1) is 6.04 Å². The molecule has 1 rings (SSSR count). The average Bonchev–Trinajstić information content (AvgIpc) is 2.30. The van der Waals surface area contributed by atoms with Gasteiger partial charge in [0, 0.05) is 25.2 Å². The molecule has 18 heavy (non-hydrogen) atoms. The van der Waals surface area contributed by atoms with Crippen molar-refractivity contribution < 1.29 is 13.6 Å². The lowest BCUT2D eigenvalue weighted by Crippen LogP contribution is -2.44. The summed E-state index contributed by atoms with van der Waals surface area (Å²) >= 11 is 0. The molecule has 1 amide bonds. The first-order chi connectivity index (χ1) is 8.32. The van der Waals surface area contributed by atoms with Crippen LogP contribution in [0, 0.1) is 17.6 Å². The SMILES string of the molecule is CC(C)[C@H](N)C(=O)N(C)Cc1ccc(F)cc1F. The maximum Gasteiger partial charge on any atom is 0.239 e. The van der Waals surface area contributed by atoms with Gasteiger partial charge in [-0.3, -0.25) is 4.79 Å². The van der Waals surface area contributed by atoms with Crippen molar-refractivity contribution in [1.82, 2.24) is 4.90 Å². The Morgan fingerprint density at radius 1 is 1.39 bits per heavy atom. The number of carbonyl (C=O) groups is 1. The van der Waals surface area contributed by atoms with Gasteiger partial charge < -0.3 is 10.6 Å². The molecule has 0 aliphatic carbocycles. The molecule has 0 heterocycles. The molecule has 1 atom stereocenters. The van der Waals surface area contributed by atoms with E-state index in [-0.39, 0.29) is 23.9 Å². The van der Waals surface area contributed by atoms with Gasteiger partial charge in [-0.05, 0) is 12.0 Å². The Kier molecular flexibility index (Phi) is 4.78. The van der Waals surface area contributed by atoms with Crippen LogP contribution in [0.5, 0.6) is 0 Å². The Balaban J connectivity index is 2.75. The highest BCUT2D eigenvalue weighted by atomic mass is 19.1. The first-order valence-electron chi connectivity index (χ1n) is 5.77. The number of carbonyl (C=O) groups excluding carboxylic acids is 1. The van der Waals surface area contributed by atoms with Crippen molar-refractivity contribution >= 4 is 5.91 Å². The van der Waals surface area contributed by atoms with E-state index in [4.69, 9.17) is 5.73 Å². The minimum absolute atomic E-state index is 0.0121. The Morgan fingerprint density at radius 2 is 2.00 bits per heavy atom. The molecule has 1 aromatic rings. The largest absolute Gasteiger partial charge is 0.340 e. The quantitative estimate of drug-likeness (QED) is 0.894. The van der Waals surface area contributed by atoms with E-state index >= 15 is 0 Å². The molecule has 3 nitrogen and oxygen atoms in total. The predicted octanol–water partition coefficient (Wildman–Crippen LogP) is 1.91. The molecule has 0 saturated heterocycles. The fraction of sp³-hybridized carbons (Fsp3) is 0.462. The number of rotatable bonds is 4. The van der Waals surface area contributed by atoms with Crippen molar-refractivity contribution in [2.45, 2.75) is 26.4 Å². The number of nitrogens with two attached hydrogens (primary N) is 1. The minimum atomic E-state index is -0.659. The third-order valence-electron chi connectivity index (χ3n) is 2.80. The van der Waals surface area contributed by atoms with Gasteiger partial charge in [-0.1, -0.05) is 19.9 Å². The van der Waals surface area contributed by atoms with E-state index in [1.54, 1.807) is 7.05 Å². The van der Waals surface area contributed by atoms with Crippen LogP contribution in [0.1, 0.15) is 19.4 Å². The van der Waals surface area contributed by atoms with E-state index in [9.17, 15) is 13.6 Å². The molecule has 0 aliphatic heterocycles. The van der Waals surface area contributed by atoms with Crippen LogP contribution in [0.4, 0.5) is 8.78 Å². The normalized spacial score (nSPS) is 12.6. The first kappa shape index (κ1) is 14.6. The van der Waals surface area contributed by atoms with Crippen LogP contribution in [-0.4, -0.2) is 23.9 Å². The zero-order chi connectivity index (χ0) is 13.9. The highest BCUT2D eigenvalue weighted by molar-refractivity contribution is 5.81. The van der Waals surface area contributed by atoms with Gasteiger partial charge in [-0.15, -0.1) is 0 Å². The first-order valence-corrected chi connectivity index (χ1v) is 5.77. The van der Waals surface area contributed by atoms with Gasteiger partial charge in [-0.25, -0.2) is 8.78 Å². The summed E-state index contributed by atoms with van der Waals surface area (Å²) in [4.78, 5) is 13.2. The Bertz CT molecular complexity index is 435. The third kappa shape index (κ3) is 3.50. The monoisotopic (exact) mass is 256 g/mol. The average molecular weight is 256 g/mol. The zero-order valence-corrected chi connectivity index (χ0v) is 10.8. The summed E-state index contributed by atoms with van der Waals surface area (Å²) in [5.41, 5.74) is 6.00. The van der Waals surface area contributed by atoms with Crippen molar-refractivity contribution in [3.8, 4) is 0 Å². The Labute approximate surface area is 106 Å². The molecule has 0 radical (unpaired) electrons. The van der Waals surface area contributed by atoms with Crippen LogP contribution < -0.4 is 5.73 Å². The van der Waals surface area contributed by atoms with Crippen molar-refractivity contribution in [1.29, 1.82) is 0 Å². The standard InChI is InChI=1S/C13H18F2N2O/c1-8(2)12(16)13(18)17(3)7-9-4-5-10(14)6-11(9)15/h4-6,8,12H,7,16H2,1-3H3/t12-/m0/s1. The second kappa shape index (κ2) is 5.91. The van der Waals surface area contributed by atoms with E-state index in [0.717, 1.165) is 6.07 Å². The van der Waals surface area contributed by atoms with Crippen LogP contribution in [0.3, 0.4) is 0 Å². The van der Waals surface area contributed by atoms with Crippen LogP contribution in [0.15, 0.2) is 18.2 Å². The summed E-state index contributed by atoms with van der Waals surface area (Å²) < 4.78 is 26.2. The molecule has 0 bridgehead atoms. The van der Waals surface area contributed by atoms with E-state index in [1.165, 1.54) is 17.0 Å². The smallest absolute Gasteiger partial charge is 0.239 e. The molecule has 0 aromatic heterocycles. The van der Waals surface area contributed by atoms with Gasteiger partial charge in [0.25, 0.3) is 0 Å². The summed E-state index contributed by atoms with van der Waals surface area (Å²) in [5, 5.41) is 0. The minimum Gasteiger partial charge on any atom is -0.340 e. The van der Waals surface area contributed by atoms with E-state index in [1.807, 2.05) is 13.8 Å². The molecule has 0 fully saturated rings. The van der Waals surface area contributed by atoms with Crippen molar-refractivity contribution in [2.75, 3.05) is 7.05 Å². The summed E-state index contributed by atoms with van der Waals surface area (Å²) in [7, 11) is 1.55. The lowest BCUT2D eigenvalue weighted by molar-refractivity contribution is -0.132. The molecule has 2 N–H and O–H groups in total. The zero-order valence-electron chi connectivity index (χ0n) is 10.8. The number of hydrogen-bond donors (Lipinski definition) is 1. The van der Waals surface area contributed by atoms with Gasteiger partial charge in [0.1, 0.15) is 11.6 Å². The van der Waals surface area contributed by atoms with Crippen LogP contribution in [-0.2, 0) is 11.3 Å². The van der Waals surface area contributed by atoms with Crippen molar-refractivity contribution in [3.05, 3.63) is 35.4 Å². The molecule has 0 spiro atoms. The molecule has 1 aromatic carbocycles. The fourth-order valence-electron chi connectivity index (χ4n) is 1.52. The number of nitrogens with zero attached hydrogens (tertiary/aromatic N) is 1. The van der Waals surface area contributed by atoms with Crippen molar-refractivity contribution in [2.24, 2.45) is 11.7 Å². The summed E-state index contributed by atoms with van der Waals surface area (Å²) in [6.07, 6.45) is 0. The summed E-state index contributed by atoms with van der Waals surface area (Å²) in [5.74, 6) is -1.54. The maximum absolute atomic E-state index is 13.4. The van der Waals surface area contributed by atoms with Gasteiger partial charge >= 0.3 is 0 Å². The molecule has 5 heteroatoms. The lowest BCUT2D eigenvalue weighted by Gasteiger charge is -2.23. The second-order valence-corrected chi connectivity index (χ2v) is 4.70. The fourth-order valence-corrected chi connectivity index (χ4v) is 1.52. The molecule has 0 aliphatic rings. The highest BCUT2D eigenvalue weighted by Crippen LogP contribution is 2.12. The number of likely N-dealkylation sites (N-methyl/N-ethyl adjacent to an activating group) is 1. The van der Waals surface area contributed by atoms with E-state index < -0.39 is 17.7 Å².